The summed E-state index contributed by atoms with van der Waals surface area (Å²) < 4.78 is 0. The summed E-state index contributed by atoms with van der Waals surface area (Å²) in [7, 11) is 0. The Morgan fingerprint density at radius 1 is 1.00 bits per heavy atom. The summed E-state index contributed by atoms with van der Waals surface area (Å²) >= 11 is 0. The Balaban J connectivity index is 1.60. The van der Waals surface area contributed by atoms with E-state index in [2.05, 4.69) is 10.2 Å². The average molecular weight is 364 g/mol. The molecule has 0 bridgehead atoms. The van der Waals surface area contributed by atoms with Gasteiger partial charge in [-0.15, -0.1) is 0 Å². The summed E-state index contributed by atoms with van der Waals surface area (Å²) in [6, 6.07) is 0.171. The molecule has 0 aromatic carbocycles. The van der Waals surface area contributed by atoms with Gasteiger partial charge in [-0.3, -0.25) is 33.8 Å². The topological polar surface area (TPSA) is 107 Å². The van der Waals surface area contributed by atoms with E-state index in [9.17, 15) is 24.0 Å². The third kappa shape index (κ3) is 3.00. The van der Waals surface area contributed by atoms with Crippen molar-refractivity contribution in [2.24, 2.45) is 5.41 Å². The lowest BCUT2D eigenvalue weighted by molar-refractivity contribution is -0.147. The number of likely N-dealkylation sites (tertiary alicyclic amines) is 3. The molecule has 1 unspecified atom stereocenters. The van der Waals surface area contributed by atoms with E-state index in [0.717, 1.165) is 35.7 Å². The van der Waals surface area contributed by atoms with Crippen LogP contribution < -0.4 is 5.32 Å². The summed E-state index contributed by atoms with van der Waals surface area (Å²) in [6.07, 6.45) is 1.94. The van der Waals surface area contributed by atoms with Crippen molar-refractivity contribution in [1.29, 1.82) is 0 Å². The fourth-order valence-electron chi connectivity index (χ4n) is 4.11. The minimum absolute atomic E-state index is 0.171. The van der Waals surface area contributed by atoms with E-state index in [1.165, 1.54) is 0 Å². The van der Waals surface area contributed by atoms with Crippen molar-refractivity contribution >= 4 is 30.0 Å². The van der Waals surface area contributed by atoms with Gasteiger partial charge >= 0.3 is 0 Å². The number of amides is 5. The van der Waals surface area contributed by atoms with Crippen LogP contribution in [0.4, 0.5) is 0 Å². The quantitative estimate of drug-likeness (QED) is 0.357. The molecule has 0 saturated carbocycles. The number of imide groups is 2. The maximum absolute atomic E-state index is 12.8. The predicted octanol–water partition coefficient (Wildman–Crippen LogP) is -1.28. The molecular weight excluding hydrogens is 340 g/mol. The molecule has 1 spiro atoms. The number of carbonyl (C=O) groups excluding carboxylic acids is 5. The normalized spacial score (nSPS) is 27.9. The Morgan fingerprint density at radius 2 is 1.58 bits per heavy atom. The van der Waals surface area contributed by atoms with Gasteiger partial charge < -0.3 is 10.2 Å². The van der Waals surface area contributed by atoms with Crippen LogP contribution in [-0.2, 0) is 24.0 Å². The third-order valence-electron chi connectivity index (χ3n) is 5.66. The highest BCUT2D eigenvalue weighted by molar-refractivity contribution is 6.24. The fraction of sp³-hybridized carbons (Fsp3) is 0.706. The van der Waals surface area contributed by atoms with Crippen LogP contribution in [0.3, 0.4) is 0 Å². The van der Waals surface area contributed by atoms with Crippen LogP contribution in [-0.4, -0.2) is 83.5 Å². The van der Waals surface area contributed by atoms with Crippen LogP contribution in [0.2, 0.25) is 0 Å². The maximum atomic E-state index is 12.8. The molecule has 1 N–H and O–H groups in total. The van der Waals surface area contributed by atoms with Gasteiger partial charge in [0.05, 0.1) is 12.8 Å². The second-order valence-corrected chi connectivity index (χ2v) is 7.13. The van der Waals surface area contributed by atoms with Crippen LogP contribution >= 0.6 is 0 Å². The lowest BCUT2D eigenvalue weighted by Gasteiger charge is -2.32. The number of nitrogens with zero attached hydrogens (tertiary/aromatic N) is 3. The van der Waals surface area contributed by atoms with E-state index in [-0.39, 0.29) is 43.8 Å². The summed E-state index contributed by atoms with van der Waals surface area (Å²) in [6.45, 7) is 4.18. The zero-order valence-electron chi connectivity index (χ0n) is 14.9. The van der Waals surface area contributed by atoms with Gasteiger partial charge in [-0.05, 0) is 19.8 Å². The van der Waals surface area contributed by atoms with E-state index in [4.69, 9.17) is 0 Å². The molecule has 0 aromatic rings. The molecule has 3 saturated heterocycles. The van der Waals surface area contributed by atoms with Crippen LogP contribution in [0.15, 0.2) is 0 Å². The lowest BCUT2D eigenvalue weighted by atomic mass is 9.84. The van der Waals surface area contributed by atoms with Crippen molar-refractivity contribution in [2.75, 3.05) is 32.7 Å². The SMILES string of the molecule is CCN1C(=O)CC2(CC(=O)N(CCN3CCC(NC=O)CC3)C2=O)C1=O. The summed E-state index contributed by atoms with van der Waals surface area (Å²) in [4.78, 5) is 64.5. The van der Waals surface area contributed by atoms with Crippen molar-refractivity contribution in [3.8, 4) is 0 Å². The van der Waals surface area contributed by atoms with Gasteiger partial charge in [0.2, 0.25) is 30.0 Å². The van der Waals surface area contributed by atoms with Gasteiger partial charge in [-0.25, -0.2) is 0 Å². The van der Waals surface area contributed by atoms with E-state index < -0.39 is 17.2 Å². The van der Waals surface area contributed by atoms with Gasteiger partial charge in [0, 0.05) is 38.8 Å². The summed E-state index contributed by atoms with van der Waals surface area (Å²) in [5, 5.41) is 2.77. The standard InChI is InChI=1S/C17H24N4O5/c1-2-20-13(23)9-17(15(20)25)10-14(24)21(16(17)26)8-7-19-5-3-12(4-6-19)18-11-22/h11-12H,2-10H2,1H3,(H,18,22). The van der Waals surface area contributed by atoms with Crippen molar-refractivity contribution in [2.45, 2.75) is 38.6 Å². The molecule has 142 valence electrons. The fourth-order valence-corrected chi connectivity index (χ4v) is 4.11. The molecule has 0 aromatic heterocycles. The van der Waals surface area contributed by atoms with Gasteiger partial charge in [-0.1, -0.05) is 0 Å². The Kier molecular flexibility index (Phi) is 5.08. The number of nitrogens with one attached hydrogen (secondary N) is 1. The molecular formula is C17H24N4O5. The molecule has 9 nitrogen and oxygen atoms in total. The molecule has 9 heteroatoms. The van der Waals surface area contributed by atoms with Crippen molar-refractivity contribution in [1.82, 2.24) is 20.0 Å². The highest BCUT2D eigenvalue weighted by Gasteiger charge is 2.63. The Morgan fingerprint density at radius 3 is 2.12 bits per heavy atom. The van der Waals surface area contributed by atoms with Crippen molar-refractivity contribution in [3.63, 3.8) is 0 Å². The first-order valence-corrected chi connectivity index (χ1v) is 9.04. The number of hydrogen-bond acceptors (Lipinski definition) is 6. The monoisotopic (exact) mass is 364 g/mol. The van der Waals surface area contributed by atoms with E-state index in [1.54, 1.807) is 6.92 Å². The van der Waals surface area contributed by atoms with Gasteiger partial charge in [0.1, 0.15) is 5.41 Å². The second kappa shape index (κ2) is 7.14. The van der Waals surface area contributed by atoms with Crippen molar-refractivity contribution in [3.05, 3.63) is 0 Å². The number of hydrogen-bond donors (Lipinski definition) is 1. The predicted molar refractivity (Wildman–Crippen MR) is 89.4 cm³/mol. The van der Waals surface area contributed by atoms with E-state index in [1.807, 2.05) is 0 Å². The Labute approximate surface area is 151 Å². The number of piperidine rings is 1. The Bertz CT molecular complexity index is 643. The van der Waals surface area contributed by atoms with E-state index >= 15 is 0 Å². The second-order valence-electron chi connectivity index (χ2n) is 7.13. The molecule has 3 rings (SSSR count). The molecule has 1 atom stereocenters. The smallest absolute Gasteiger partial charge is 0.246 e. The maximum Gasteiger partial charge on any atom is 0.246 e. The molecule has 3 aliphatic heterocycles. The first-order chi connectivity index (χ1) is 12.4. The van der Waals surface area contributed by atoms with Crippen LogP contribution in [0.1, 0.15) is 32.6 Å². The minimum atomic E-state index is -1.51. The highest BCUT2D eigenvalue weighted by Crippen LogP contribution is 2.42. The Hall–Kier alpha value is -2.29. The molecule has 0 radical (unpaired) electrons. The highest BCUT2D eigenvalue weighted by atomic mass is 16.2. The lowest BCUT2D eigenvalue weighted by Crippen LogP contribution is -2.46. The average Bonchev–Trinajstić information content (AvgIpc) is 3.00. The number of rotatable bonds is 6. The van der Waals surface area contributed by atoms with Gasteiger partial charge in [0.15, 0.2) is 0 Å². The molecule has 0 aliphatic carbocycles. The number of carbonyl (C=O) groups is 5. The van der Waals surface area contributed by atoms with Crippen LogP contribution in [0.5, 0.6) is 0 Å². The first-order valence-electron chi connectivity index (χ1n) is 9.04. The minimum Gasteiger partial charge on any atom is -0.356 e. The first kappa shape index (κ1) is 18.5. The summed E-state index contributed by atoms with van der Waals surface area (Å²) in [5.41, 5.74) is -1.51. The molecule has 3 heterocycles. The van der Waals surface area contributed by atoms with Crippen LogP contribution in [0.25, 0.3) is 0 Å². The molecule has 3 fully saturated rings. The third-order valence-corrected chi connectivity index (χ3v) is 5.66. The summed E-state index contributed by atoms with van der Waals surface area (Å²) in [5.74, 6) is -1.84. The zero-order valence-corrected chi connectivity index (χ0v) is 14.9. The zero-order chi connectivity index (χ0) is 18.9. The van der Waals surface area contributed by atoms with Gasteiger partial charge in [-0.2, -0.15) is 0 Å². The van der Waals surface area contributed by atoms with Gasteiger partial charge in [0.25, 0.3) is 0 Å². The molecule has 3 aliphatic rings. The van der Waals surface area contributed by atoms with Crippen molar-refractivity contribution < 1.29 is 24.0 Å². The van der Waals surface area contributed by atoms with Crippen LogP contribution in [0, 0.1) is 5.41 Å². The largest absolute Gasteiger partial charge is 0.356 e. The molecule has 26 heavy (non-hydrogen) atoms. The molecule has 5 amide bonds. The van der Waals surface area contributed by atoms with E-state index in [0.29, 0.717) is 13.0 Å².